The van der Waals surface area contributed by atoms with E-state index in [0.29, 0.717) is 52.5 Å². The van der Waals surface area contributed by atoms with Gasteiger partial charge in [0.05, 0.1) is 17.2 Å². The van der Waals surface area contributed by atoms with E-state index in [2.05, 4.69) is 20.3 Å². The number of rotatable bonds is 4. The molecule has 0 bridgehead atoms. The number of pyridine rings is 2. The molecule has 186 valence electrons. The van der Waals surface area contributed by atoms with E-state index in [1.807, 2.05) is 10.6 Å². The van der Waals surface area contributed by atoms with Crippen molar-refractivity contribution in [2.24, 2.45) is 4.99 Å². The third-order valence-electron chi connectivity index (χ3n) is 6.16. The largest absolute Gasteiger partial charge is 0.416 e. The summed E-state index contributed by atoms with van der Waals surface area (Å²) in [5.74, 6) is 1.85. The van der Waals surface area contributed by atoms with E-state index in [0.717, 1.165) is 22.5 Å². The molecule has 11 heteroatoms. The van der Waals surface area contributed by atoms with Gasteiger partial charge in [-0.2, -0.15) is 13.2 Å². The second-order valence-electron chi connectivity index (χ2n) is 8.59. The van der Waals surface area contributed by atoms with Gasteiger partial charge in [-0.3, -0.25) is 14.4 Å². The molecular weight excluding hydrogens is 476 g/mol. The lowest BCUT2D eigenvalue weighted by Gasteiger charge is -2.18. The molecule has 5 rings (SSSR count). The highest BCUT2D eigenvalue weighted by atomic mass is 19.4. The molecule has 0 saturated carbocycles. The summed E-state index contributed by atoms with van der Waals surface area (Å²) in [5, 5.41) is 3.32. The first kappa shape index (κ1) is 23.7. The molecule has 1 aromatic heterocycles. The maximum absolute atomic E-state index is 13.2. The Morgan fingerprint density at radius 2 is 1.94 bits per heavy atom. The second kappa shape index (κ2) is 8.89. The van der Waals surface area contributed by atoms with Crippen LogP contribution in [0.5, 0.6) is 0 Å². The van der Waals surface area contributed by atoms with Crippen molar-refractivity contribution in [2.75, 3.05) is 11.9 Å². The number of aromatic nitrogens is 4. The summed E-state index contributed by atoms with van der Waals surface area (Å²) in [6.45, 7) is 3.77. The fourth-order valence-electron chi connectivity index (χ4n) is 4.37. The number of nitrogens with zero attached hydrogens (tertiary/aromatic N) is 5. The Kier molecular flexibility index (Phi) is 5.85. The van der Waals surface area contributed by atoms with E-state index in [1.54, 1.807) is 26.0 Å². The molecule has 0 spiro atoms. The average Bonchev–Trinajstić information content (AvgIpc) is 3.33. The Labute approximate surface area is 203 Å². The van der Waals surface area contributed by atoms with Crippen molar-refractivity contribution in [1.82, 2.24) is 19.1 Å². The topological polar surface area (TPSA) is 77.1 Å². The second-order valence-corrected chi connectivity index (χ2v) is 8.59. The highest BCUT2D eigenvalue weighted by Crippen LogP contribution is 2.36. The van der Waals surface area contributed by atoms with Crippen LogP contribution in [0.2, 0.25) is 0 Å². The molecule has 1 unspecified atom stereocenters. The van der Waals surface area contributed by atoms with Gasteiger partial charge >= 0.3 is 6.18 Å². The minimum Gasteiger partial charge on any atom is -0.369 e. The highest BCUT2D eigenvalue weighted by Gasteiger charge is 2.31. The van der Waals surface area contributed by atoms with Gasteiger partial charge < -0.3 is 9.88 Å². The van der Waals surface area contributed by atoms with Crippen LogP contribution in [0.3, 0.4) is 0 Å². The van der Waals surface area contributed by atoms with Crippen molar-refractivity contribution >= 4 is 5.82 Å². The lowest BCUT2D eigenvalue weighted by molar-refractivity contribution is -0.137. The molecule has 3 aliphatic rings. The lowest BCUT2D eigenvalue weighted by Crippen LogP contribution is -2.21. The normalized spacial score (nSPS) is 14.7. The van der Waals surface area contributed by atoms with Gasteiger partial charge in [0.15, 0.2) is 12.3 Å². The summed E-state index contributed by atoms with van der Waals surface area (Å²) in [4.78, 5) is 26.1. The summed E-state index contributed by atoms with van der Waals surface area (Å²) < 4.78 is 55.6. The molecule has 3 aliphatic heterocycles. The van der Waals surface area contributed by atoms with Crippen LogP contribution in [-0.4, -0.2) is 25.6 Å². The van der Waals surface area contributed by atoms with Crippen LogP contribution in [0.4, 0.5) is 23.4 Å². The summed E-state index contributed by atoms with van der Waals surface area (Å²) >= 11 is 0. The quantitative estimate of drug-likeness (QED) is 0.419. The minimum atomic E-state index is -4.45. The minimum absolute atomic E-state index is 0.336. The van der Waals surface area contributed by atoms with Crippen molar-refractivity contribution in [3.05, 3.63) is 81.5 Å². The predicted octanol–water partition coefficient (Wildman–Crippen LogP) is 4.55. The molecule has 0 aliphatic carbocycles. The van der Waals surface area contributed by atoms with Gasteiger partial charge in [-0.15, -0.1) is 0 Å². The molecule has 2 aromatic rings. The number of hydrogen-bond acceptors (Lipinski definition) is 5. The molecule has 7 nitrogen and oxygen atoms in total. The zero-order valence-corrected chi connectivity index (χ0v) is 19.5. The Balaban J connectivity index is 1.70. The van der Waals surface area contributed by atoms with E-state index >= 15 is 0 Å². The zero-order chi connectivity index (χ0) is 25.6. The molecular formula is C25H22F4N6O. The first-order chi connectivity index (χ1) is 17.2. The summed E-state index contributed by atoms with van der Waals surface area (Å²) in [7, 11) is 0. The number of nitrogens with one attached hydrogen (secondary N) is 1. The zero-order valence-electron chi connectivity index (χ0n) is 19.5. The Morgan fingerprint density at radius 3 is 2.67 bits per heavy atom. The lowest BCUT2D eigenvalue weighted by atomic mass is 10.0. The Bertz CT molecular complexity index is 1560. The third-order valence-corrected chi connectivity index (χ3v) is 6.16. The number of alkyl halides is 4. The van der Waals surface area contributed by atoms with Gasteiger partial charge in [0.1, 0.15) is 17.5 Å². The summed E-state index contributed by atoms with van der Waals surface area (Å²) in [5.41, 5.74) is 1.39. The third kappa shape index (κ3) is 4.25. The van der Waals surface area contributed by atoms with Gasteiger partial charge in [-0.1, -0.05) is 12.1 Å². The van der Waals surface area contributed by atoms with Crippen molar-refractivity contribution in [2.45, 2.75) is 39.4 Å². The molecule has 0 radical (unpaired) electrons. The average molecular weight is 498 g/mol. The number of aryl methyl sites for hydroxylation is 1. The summed E-state index contributed by atoms with van der Waals surface area (Å²) in [6, 6.07) is 9.28. The number of benzene rings is 1. The van der Waals surface area contributed by atoms with Crippen LogP contribution in [0.15, 0.2) is 58.4 Å². The predicted molar refractivity (Wildman–Crippen MR) is 126 cm³/mol. The van der Waals surface area contributed by atoms with E-state index in [9.17, 15) is 22.4 Å². The standard InChI is InChI=1S/C25H22F4N6O/c1-14(16-4-3-5-18(10-16)25(27,28)29)31-22-20-12-19(17-6-8-34(13-26)21(36)11-17)23-30-7-9-35(23)24(20)33-15(2)32-22/h3-6,8,10-12,14,30H,7,9,13H2,1-2H3. The van der Waals surface area contributed by atoms with Gasteiger partial charge in [0, 0.05) is 30.9 Å². The van der Waals surface area contributed by atoms with Crippen molar-refractivity contribution in [3.8, 4) is 22.5 Å². The van der Waals surface area contributed by atoms with Crippen molar-refractivity contribution in [1.29, 1.82) is 0 Å². The SMILES string of the molecule is Cc1nc2n3c(c(-c4ccn(CF)c(=O)c4)cc-2c(=NC(C)c2cccc(C(F)(F)F)c2)n1)NCC3. The molecule has 0 saturated heterocycles. The number of fused-ring (bicyclic) bond motifs is 3. The van der Waals surface area contributed by atoms with Crippen LogP contribution in [-0.2, 0) is 19.5 Å². The molecule has 36 heavy (non-hydrogen) atoms. The fourth-order valence-corrected chi connectivity index (χ4v) is 4.37. The van der Waals surface area contributed by atoms with Crippen LogP contribution in [0, 0.1) is 6.92 Å². The number of hydrogen-bond donors (Lipinski definition) is 1. The van der Waals surface area contributed by atoms with Crippen molar-refractivity contribution < 1.29 is 17.6 Å². The van der Waals surface area contributed by atoms with E-state index < -0.39 is 30.1 Å². The maximum atomic E-state index is 13.2. The van der Waals surface area contributed by atoms with Gasteiger partial charge in [0.2, 0.25) is 0 Å². The summed E-state index contributed by atoms with van der Waals surface area (Å²) in [6.07, 6.45) is -3.07. The van der Waals surface area contributed by atoms with Crippen LogP contribution >= 0.6 is 0 Å². The first-order valence-electron chi connectivity index (χ1n) is 11.3. The van der Waals surface area contributed by atoms with Gasteiger partial charge in [-0.05, 0) is 49.2 Å². The fraction of sp³-hybridized carbons (Fsp3) is 0.280. The van der Waals surface area contributed by atoms with Crippen LogP contribution < -0.4 is 16.4 Å². The Morgan fingerprint density at radius 1 is 1.14 bits per heavy atom. The first-order valence-corrected chi connectivity index (χ1v) is 11.3. The monoisotopic (exact) mass is 498 g/mol. The van der Waals surface area contributed by atoms with Crippen LogP contribution in [0.1, 0.15) is 29.9 Å². The van der Waals surface area contributed by atoms with E-state index in [4.69, 9.17) is 0 Å². The molecule has 0 fully saturated rings. The highest BCUT2D eigenvalue weighted by molar-refractivity contribution is 5.82. The van der Waals surface area contributed by atoms with E-state index in [-0.39, 0.29) is 0 Å². The molecule has 0 amide bonds. The van der Waals surface area contributed by atoms with Gasteiger partial charge in [0.25, 0.3) is 5.56 Å². The molecule has 4 heterocycles. The molecule has 1 aromatic carbocycles. The smallest absolute Gasteiger partial charge is 0.369 e. The van der Waals surface area contributed by atoms with E-state index in [1.165, 1.54) is 18.3 Å². The molecule has 1 N–H and O–H groups in total. The van der Waals surface area contributed by atoms with Crippen molar-refractivity contribution in [3.63, 3.8) is 0 Å². The number of halogens is 4. The van der Waals surface area contributed by atoms with Crippen LogP contribution in [0.25, 0.3) is 22.5 Å². The number of anilines is 1. The molecule has 1 atom stereocenters. The maximum Gasteiger partial charge on any atom is 0.416 e. The Hall–Kier alpha value is -4.02. The van der Waals surface area contributed by atoms with Gasteiger partial charge in [-0.25, -0.2) is 14.4 Å².